The number of aliphatic hydroxyl groups is 1. The fraction of sp³-hybridized carbons (Fsp3) is 0.750. The minimum absolute atomic E-state index is 0.192. The van der Waals surface area contributed by atoms with Crippen molar-refractivity contribution in [2.75, 3.05) is 0 Å². The molecule has 4 heteroatoms. The van der Waals surface area contributed by atoms with Crippen LogP contribution in [0.4, 0.5) is 0 Å². The van der Waals surface area contributed by atoms with Gasteiger partial charge in [0.1, 0.15) is 18.3 Å². The van der Waals surface area contributed by atoms with Gasteiger partial charge in [-0.3, -0.25) is 0 Å². The van der Waals surface area contributed by atoms with Crippen LogP contribution in [-0.2, 0) is 9.47 Å². The summed E-state index contributed by atoms with van der Waals surface area (Å²) in [5, 5.41) is 9.91. The molecule has 1 aliphatic carbocycles. The Hall–Kier alpha value is -0.0900. The average Bonchev–Trinajstić information content (AvgIpc) is 2.33. The summed E-state index contributed by atoms with van der Waals surface area (Å²) < 4.78 is 10.9. The zero-order valence-corrected chi connectivity index (χ0v) is 7.71. The van der Waals surface area contributed by atoms with E-state index in [2.05, 4.69) is 0 Å². The minimum Gasteiger partial charge on any atom is -0.385 e. The first-order valence-corrected chi connectivity index (χ1v) is 4.28. The Kier molecular flexibility index (Phi) is 1.74. The third kappa shape index (κ3) is 1.17. The Balaban J connectivity index is 2.19. The number of hydrogen-bond donors (Lipinski definition) is 1. The first-order valence-electron chi connectivity index (χ1n) is 3.90. The van der Waals surface area contributed by atoms with Gasteiger partial charge in [0, 0.05) is 5.03 Å². The maximum absolute atomic E-state index is 9.49. The zero-order valence-electron chi connectivity index (χ0n) is 6.95. The van der Waals surface area contributed by atoms with E-state index in [0.717, 1.165) is 0 Å². The molecule has 0 spiro atoms. The van der Waals surface area contributed by atoms with Crippen LogP contribution in [0, 0.1) is 0 Å². The summed E-state index contributed by atoms with van der Waals surface area (Å²) in [7, 11) is 0. The summed E-state index contributed by atoms with van der Waals surface area (Å²) in [5.74, 6) is -0.607. The Labute approximate surface area is 75.9 Å². The highest BCUT2D eigenvalue weighted by Crippen LogP contribution is 2.38. The second kappa shape index (κ2) is 2.45. The van der Waals surface area contributed by atoms with Gasteiger partial charge in [-0.05, 0) is 19.9 Å². The molecule has 1 N–H and O–H groups in total. The molecule has 68 valence electrons. The SMILES string of the molecule is CC1(C)OC2C=C(Cl)C(O)C2O1. The molecule has 12 heavy (non-hydrogen) atoms. The zero-order chi connectivity index (χ0) is 8.93. The molecule has 1 aliphatic heterocycles. The van der Waals surface area contributed by atoms with Gasteiger partial charge in [0.2, 0.25) is 0 Å². The third-order valence-electron chi connectivity index (χ3n) is 2.08. The van der Waals surface area contributed by atoms with Crippen molar-refractivity contribution in [1.29, 1.82) is 0 Å². The van der Waals surface area contributed by atoms with E-state index in [-0.39, 0.29) is 12.2 Å². The second-order valence-corrected chi connectivity index (χ2v) is 4.00. The maximum atomic E-state index is 9.49. The van der Waals surface area contributed by atoms with E-state index in [1.165, 1.54) is 0 Å². The molecule has 0 saturated carbocycles. The monoisotopic (exact) mass is 190 g/mol. The average molecular weight is 191 g/mol. The quantitative estimate of drug-likeness (QED) is 0.620. The van der Waals surface area contributed by atoms with Gasteiger partial charge in [0.05, 0.1) is 0 Å². The predicted octanol–water partition coefficient (Wildman–Crippen LogP) is 1.00. The van der Waals surface area contributed by atoms with Crippen molar-refractivity contribution in [3.63, 3.8) is 0 Å². The van der Waals surface area contributed by atoms with E-state index in [4.69, 9.17) is 21.1 Å². The first-order chi connectivity index (χ1) is 5.49. The van der Waals surface area contributed by atoms with Crippen LogP contribution in [0.3, 0.4) is 0 Å². The van der Waals surface area contributed by atoms with E-state index < -0.39 is 11.9 Å². The van der Waals surface area contributed by atoms with Crippen molar-refractivity contribution in [2.24, 2.45) is 0 Å². The van der Waals surface area contributed by atoms with Crippen LogP contribution in [0.25, 0.3) is 0 Å². The number of ether oxygens (including phenoxy) is 2. The van der Waals surface area contributed by atoms with Gasteiger partial charge in [0.15, 0.2) is 5.79 Å². The molecule has 0 aromatic rings. The summed E-state index contributed by atoms with van der Waals surface area (Å²) in [6.07, 6.45) is 0.458. The normalized spacial score (nSPS) is 44.3. The smallest absolute Gasteiger partial charge is 0.164 e. The van der Waals surface area contributed by atoms with Gasteiger partial charge in [-0.25, -0.2) is 0 Å². The molecule has 1 saturated heterocycles. The Morgan fingerprint density at radius 2 is 2.17 bits per heavy atom. The molecule has 0 aromatic carbocycles. The molecule has 3 nitrogen and oxygen atoms in total. The molecule has 0 radical (unpaired) electrons. The van der Waals surface area contributed by atoms with Gasteiger partial charge >= 0.3 is 0 Å². The van der Waals surface area contributed by atoms with E-state index >= 15 is 0 Å². The second-order valence-electron chi connectivity index (χ2n) is 3.56. The van der Waals surface area contributed by atoms with Gasteiger partial charge in [-0.1, -0.05) is 11.6 Å². The molecule has 3 atom stereocenters. The lowest BCUT2D eigenvalue weighted by atomic mass is 10.2. The van der Waals surface area contributed by atoms with Crippen LogP contribution >= 0.6 is 11.6 Å². The Morgan fingerprint density at radius 1 is 1.50 bits per heavy atom. The molecule has 0 amide bonds. The lowest BCUT2D eigenvalue weighted by molar-refractivity contribution is -0.152. The van der Waals surface area contributed by atoms with Gasteiger partial charge < -0.3 is 14.6 Å². The lowest BCUT2D eigenvalue weighted by Gasteiger charge is -2.18. The standard InChI is InChI=1S/C8H11ClO3/c1-8(2)11-5-3-4(9)6(10)7(5)12-8/h3,5-7,10H,1-2H3. The van der Waals surface area contributed by atoms with Crippen molar-refractivity contribution < 1.29 is 14.6 Å². The van der Waals surface area contributed by atoms with Crippen LogP contribution in [0.1, 0.15) is 13.8 Å². The Bertz CT molecular complexity index is 236. The molecule has 0 bridgehead atoms. The van der Waals surface area contributed by atoms with E-state index in [1.54, 1.807) is 6.08 Å². The molecule has 2 rings (SSSR count). The summed E-state index contributed by atoms with van der Waals surface area (Å²) in [5.41, 5.74) is 0. The van der Waals surface area contributed by atoms with Crippen LogP contribution in [0.15, 0.2) is 11.1 Å². The fourth-order valence-electron chi connectivity index (χ4n) is 1.60. The first kappa shape index (κ1) is 8.51. The van der Waals surface area contributed by atoms with Gasteiger partial charge in [-0.15, -0.1) is 0 Å². The van der Waals surface area contributed by atoms with Crippen molar-refractivity contribution in [1.82, 2.24) is 0 Å². The molecular formula is C8H11ClO3. The van der Waals surface area contributed by atoms with E-state index in [0.29, 0.717) is 5.03 Å². The molecule has 1 fully saturated rings. The predicted molar refractivity (Wildman–Crippen MR) is 43.8 cm³/mol. The number of rotatable bonds is 0. The van der Waals surface area contributed by atoms with Crippen LogP contribution in [-0.4, -0.2) is 29.2 Å². The topological polar surface area (TPSA) is 38.7 Å². The van der Waals surface area contributed by atoms with Crippen molar-refractivity contribution >= 4 is 11.6 Å². The summed E-state index contributed by atoms with van der Waals surface area (Å²) in [4.78, 5) is 0. The third-order valence-corrected chi connectivity index (χ3v) is 2.43. The molecular weight excluding hydrogens is 180 g/mol. The summed E-state index contributed by atoms with van der Waals surface area (Å²) in [6, 6.07) is 0. The maximum Gasteiger partial charge on any atom is 0.164 e. The summed E-state index contributed by atoms with van der Waals surface area (Å²) >= 11 is 5.71. The molecule has 0 aromatic heterocycles. The molecule has 1 heterocycles. The molecule has 2 aliphatic rings. The van der Waals surface area contributed by atoms with E-state index in [1.807, 2.05) is 13.8 Å². The van der Waals surface area contributed by atoms with Gasteiger partial charge in [-0.2, -0.15) is 0 Å². The number of aliphatic hydroxyl groups excluding tert-OH is 1. The van der Waals surface area contributed by atoms with Crippen molar-refractivity contribution in [2.45, 2.75) is 37.9 Å². The van der Waals surface area contributed by atoms with Crippen LogP contribution < -0.4 is 0 Å². The highest BCUT2D eigenvalue weighted by atomic mass is 35.5. The minimum atomic E-state index is -0.724. The lowest BCUT2D eigenvalue weighted by Crippen LogP contribution is -2.29. The fourth-order valence-corrected chi connectivity index (χ4v) is 1.85. The molecule has 3 unspecified atom stereocenters. The van der Waals surface area contributed by atoms with Crippen LogP contribution in [0.5, 0.6) is 0 Å². The van der Waals surface area contributed by atoms with Crippen molar-refractivity contribution in [3.8, 4) is 0 Å². The number of hydrogen-bond acceptors (Lipinski definition) is 3. The number of halogens is 1. The largest absolute Gasteiger partial charge is 0.385 e. The van der Waals surface area contributed by atoms with Crippen molar-refractivity contribution in [3.05, 3.63) is 11.1 Å². The number of fused-ring (bicyclic) bond motifs is 1. The highest BCUT2D eigenvalue weighted by Gasteiger charge is 2.48. The van der Waals surface area contributed by atoms with E-state index in [9.17, 15) is 5.11 Å². The van der Waals surface area contributed by atoms with Gasteiger partial charge in [0.25, 0.3) is 0 Å². The summed E-state index contributed by atoms with van der Waals surface area (Å²) in [6.45, 7) is 3.64. The Morgan fingerprint density at radius 3 is 2.75 bits per heavy atom. The highest BCUT2D eigenvalue weighted by molar-refractivity contribution is 6.30. The van der Waals surface area contributed by atoms with Crippen LogP contribution in [0.2, 0.25) is 0 Å².